The van der Waals surface area contributed by atoms with E-state index in [9.17, 15) is 13.2 Å². The molecule has 7 nitrogen and oxygen atoms in total. The Balaban J connectivity index is 1.76. The number of nitrogens with one attached hydrogen (secondary N) is 1. The number of amides is 1. The van der Waals surface area contributed by atoms with Gasteiger partial charge in [0.25, 0.3) is 5.91 Å². The van der Waals surface area contributed by atoms with E-state index in [-0.39, 0.29) is 28.7 Å². The lowest BCUT2D eigenvalue weighted by atomic mass is 10.0. The van der Waals surface area contributed by atoms with E-state index in [0.29, 0.717) is 35.4 Å². The highest BCUT2D eigenvalue weighted by molar-refractivity contribution is 7.89. The number of rotatable bonds is 6. The van der Waals surface area contributed by atoms with Crippen molar-refractivity contribution in [2.24, 2.45) is 0 Å². The van der Waals surface area contributed by atoms with Crippen molar-refractivity contribution in [2.45, 2.75) is 51.5 Å². The topological polar surface area (TPSA) is 88.8 Å². The molecule has 176 valence electrons. The summed E-state index contributed by atoms with van der Waals surface area (Å²) in [5, 5.41) is 0.649. The van der Waals surface area contributed by atoms with Gasteiger partial charge in [-0.2, -0.15) is 0 Å². The third-order valence-electron chi connectivity index (χ3n) is 6.44. The smallest absolute Gasteiger partial charge is 0.289 e. The molecular formula is C25H30N2O5S. The minimum absolute atomic E-state index is 0.0699. The molecule has 1 fully saturated rings. The molecule has 1 aliphatic heterocycles. The molecule has 0 atom stereocenters. The van der Waals surface area contributed by atoms with Crippen molar-refractivity contribution in [3.63, 3.8) is 0 Å². The maximum Gasteiger partial charge on any atom is 0.289 e. The van der Waals surface area contributed by atoms with Crippen LogP contribution < -0.4 is 9.46 Å². The molecule has 0 radical (unpaired) electrons. The van der Waals surface area contributed by atoms with Gasteiger partial charge in [0.15, 0.2) is 11.3 Å². The fraction of sp³-hybridized carbons (Fsp3) is 0.400. The second-order valence-electron chi connectivity index (χ2n) is 8.57. The van der Waals surface area contributed by atoms with Crippen LogP contribution in [-0.2, 0) is 16.6 Å². The highest BCUT2D eigenvalue weighted by atomic mass is 32.2. The van der Waals surface area contributed by atoms with E-state index < -0.39 is 10.0 Å². The number of likely N-dealkylation sites (tertiary alicyclic amines) is 1. The van der Waals surface area contributed by atoms with Crippen LogP contribution in [0.25, 0.3) is 11.0 Å². The van der Waals surface area contributed by atoms with E-state index in [2.05, 4.69) is 4.72 Å². The Morgan fingerprint density at radius 1 is 1.09 bits per heavy atom. The van der Waals surface area contributed by atoms with Crippen molar-refractivity contribution in [1.29, 1.82) is 0 Å². The molecule has 2 heterocycles. The molecule has 8 heteroatoms. The van der Waals surface area contributed by atoms with Crippen LogP contribution in [0.1, 0.15) is 52.1 Å². The Labute approximate surface area is 194 Å². The van der Waals surface area contributed by atoms with Gasteiger partial charge in [0.05, 0.1) is 7.11 Å². The number of benzene rings is 2. The molecule has 0 bridgehead atoms. The molecule has 0 unspecified atom stereocenters. The first-order chi connectivity index (χ1) is 15.7. The van der Waals surface area contributed by atoms with Gasteiger partial charge < -0.3 is 14.1 Å². The summed E-state index contributed by atoms with van der Waals surface area (Å²) in [6, 6.07) is 9.16. The summed E-state index contributed by atoms with van der Waals surface area (Å²) in [7, 11) is -2.39. The molecule has 3 aromatic rings. The van der Waals surface area contributed by atoms with Crippen molar-refractivity contribution in [3.8, 4) is 5.75 Å². The molecular weight excluding hydrogens is 440 g/mol. The average molecular weight is 471 g/mol. The number of carbonyl (C=O) groups excluding carboxylic acids is 1. The zero-order valence-electron chi connectivity index (χ0n) is 19.5. The zero-order chi connectivity index (χ0) is 23.8. The minimum atomic E-state index is -3.94. The Hall–Kier alpha value is -2.84. The Morgan fingerprint density at radius 2 is 1.79 bits per heavy atom. The first-order valence-corrected chi connectivity index (χ1v) is 12.7. The number of furan rings is 1. The predicted molar refractivity (Wildman–Crippen MR) is 127 cm³/mol. The first kappa shape index (κ1) is 23.3. The Morgan fingerprint density at radius 3 is 2.48 bits per heavy atom. The standard InChI is InChI=1S/C25H30N2O5S/c1-16-14-20-18(3)22(25(28)27-12-8-5-9-13-27)32-23(20)24(17(16)2)33(29,30)26-15-19-10-6-7-11-21(19)31-4/h6-7,10-11,14,26H,5,8-9,12-13,15H2,1-4H3. The summed E-state index contributed by atoms with van der Waals surface area (Å²) < 4.78 is 41.0. The number of aryl methyl sites for hydroxylation is 2. The van der Waals surface area contributed by atoms with Gasteiger partial charge in [0.1, 0.15) is 10.6 Å². The van der Waals surface area contributed by atoms with Crippen LogP contribution in [0, 0.1) is 20.8 Å². The largest absolute Gasteiger partial charge is 0.496 e. The lowest BCUT2D eigenvalue weighted by Crippen LogP contribution is -2.35. The third kappa shape index (κ3) is 4.37. The molecule has 1 amide bonds. The van der Waals surface area contributed by atoms with Crippen LogP contribution in [0.5, 0.6) is 5.75 Å². The molecule has 0 spiro atoms. The van der Waals surface area contributed by atoms with Crippen molar-refractivity contribution in [1.82, 2.24) is 9.62 Å². The van der Waals surface area contributed by atoms with Crippen LogP contribution in [0.4, 0.5) is 0 Å². The highest BCUT2D eigenvalue weighted by Crippen LogP contribution is 2.35. The van der Waals surface area contributed by atoms with Crippen LogP contribution >= 0.6 is 0 Å². The van der Waals surface area contributed by atoms with Gasteiger partial charge in [-0.3, -0.25) is 4.79 Å². The van der Waals surface area contributed by atoms with Gasteiger partial charge in [-0.15, -0.1) is 0 Å². The summed E-state index contributed by atoms with van der Waals surface area (Å²) in [5.74, 6) is 0.650. The number of sulfonamides is 1. The van der Waals surface area contributed by atoms with Crippen LogP contribution in [0.15, 0.2) is 39.6 Å². The molecule has 1 aromatic heterocycles. The SMILES string of the molecule is COc1ccccc1CNS(=O)(=O)c1c(C)c(C)cc2c(C)c(C(=O)N3CCCCC3)oc12. The molecule has 2 aromatic carbocycles. The average Bonchev–Trinajstić information content (AvgIpc) is 3.14. The lowest BCUT2D eigenvalue weighted by Gasteiger charge is -2.25. The van der Waals surface area contributed by atoms with Crippen LogP contribution in [0.2, 0.25) is 0 Å². The van der Waals surface area contributed by atoms with Gasteiger partial charge in [-0.1, -0.05) is 18.2 Å². The van der Waals surface area contributed by atoms with Gasteiger partial charge in [0, 0.05) is 36.1 Å². The number of piperidine rings is 1. The normalized spacial score (nSPS) is 14.6. The van der Waals surface area contributed by atoms with Crippen molar-refractivity contribution in [3.05, 3.63) is 58.3 Å². The van der Waals surface area contributed by atoms with Gasteiger partial charge in [-0.05, 0) is 63.3 Å². The van der Waals surface area contributed by atoms with E-state index in [0.717, 1.165) is 30.4 Å². The number of methoxy groups -OCH3 is 1. The molecule has 1 aliphatic rings. The molecule has 1 N–H and O–H groups in total. The second kappa shape index (κ2) is 9.19. The number of hydrogen-bond acceptors (Lipinski definition) is 5. The monoisotopic (exact) mass is 470 g/mol. The fourth-order valence-corrected chi connectivity index (χ4v) is 5.85. The van der Waals surface area contributed by atoms with Gasteiger partial charge in [-0.25, -0.2) is 13.1 Å². The minimum Gasteiger partial charge on any atom is -0.496 e. The third-order valence-corrected chi connectivity index (χ3v) is 8.00. The maximum atomic E-state index is 13.5. The lowest BCUT2D eigenvalue weighted by molar-refractivity contribution is 0.0693. The second-order valence-corrected chi connectivity index (χ2v) is 10.3. The van der Waals surface area contributed by atoms with E-state index in [1.165, 1.54) is 0 Å². The predicted octanol–water partition coefficient (Wildman–Crippen LogP) is 4.47. The summed E-state index contributed by atoms with van der Waals surface area (Å²) >= 11 is 0. The van der Waals surface area contributed by atoms with Crippen LogP contribution in [0.3, 0.4) is 0 Å². The number of hydrogen-bond donors (Lipinski definition) is 1. The van der Waals surface area contributed by atoms with Crippen molar-refractivity contribution in [2.75, 3.05) is 20.2 Å². The summed E-state index contributed by atoms with van der Waals surface area (Å²) in [6.45, 7) is 6.90. The highest BCUT2D eigenvalue weighted by Gasteiger charge is 2.30. The molecule has 0 saturated carbocycles. The summed E-state index contributed by atoms with van der Waals surface area (Å²) in [6.07, 6.45) is 3.05. The van der Waals surface area contributed by atoms with Gasteiger partial charge in [0.2, 0.25) is 10.0 Å². The number of para-hydroxylation sites is 1. The molecule has 0 aliphatic carbocycles. The summed E-state index contributed by atoms with van der Waals surface area (Å²) in [5.41, 5.74) is 3.04. The van der Waals surface area contributed by atoms with Crippen LogP contribution in [-0.4, -0.2) is 39.4 Å². The Kier molecular flexibility index (Phi) is 6.50. The number of carbonyl (C=O) groups is 1. The van der Waals surface area contributed by atoms with E-state index in [1.54, 1.807) is 25.0 Å². The molecule has 4 rings (SSSR count). The number of fused-ring (bicyclic) bond motifs is 1. The van der Waals surface area contributed by atoms with Crippen molar-refractivity contribution < 1.29 is 22.4 Å². The summed E-state index contributed by atoms with van der Waals surface area (Å²) in [4.78, 5) is 15.0. The molecule has 33 heavy (non-hydrogen) atoms. The number of ether oxygens (including phenoxy) is 1. The first-order valence-electron chi connectivity index (χ1n) is 11.2. The fourth-order valence-electron chi connectivity index (χ4n) is 4.40. The maximum absolute atomic E-state index is 13.5. The van der Waals surface area contributed by atoms with Gasteiger partial charge >= 0.3 is 0 Å². The van der Waals surface area contributed by atoms with Crippen molar-refractivity contribution >= 4 is 26.9 Å². The molecule has 1 saturated heterocycles. The van der Waals surface area contributed by atoms with E-state index >= 15 is 0 Å². The number of nitrogens with zero attached hydrogens (tertiary/aromatic N) is 1. The Bertz CT molecular complexity index is 1300. The quantitative estimate of drug-likeness (QED) is 0.574. The van der Waals surface area contributed by atoms with E-state index in [4.69, 9.17) is 9.15 Å². The zero-order valence-corrected chi connectivity index (χ0v) is 20.3. The van der Waals surface area contributed by atoms with E-state index in [1.807, 2.05) is 38.1 Å².